The highest BCUT2D eigenvalue weighted by Crippen LogP contribution is 2.24. The van der Waals surface area contributed by atoms with Gasteiger partial charge in [-0.25, -0.2) is 4.79 Å². The molecule has 0 aromatic heterocycles. The molecule has 2 amide bonds. The summed E-state index contributed by atoms with van der Waals surface area (Å²) in [6.45, 7) is 0. The Morgan fingerprint density at radius 2 is 1.28 bits per heavy atom. The van der Waals surface area contributed by atoms with E-state index in [4.69, 9.17) is 21.7 Å². The van der Waals surface area contributed by atoms with E-state index in [2.05, 4.69) is 0 Å². The SMILES string of the molecule is NC(=O)N(c1ccccc1)c1ccccc1.NC(Cc1ccc(O)cc1)C(=O)O. The van der Waals surface area contributed by atoms with Crippen LogP contribution in [0.25, 0.3) is 0 Å². The number of carboxylic acids is 1. The van der Waals surface area contributed by atoms with Crippen LogP contribution in [0.4, 0.5) is 16.2 Å². The summed E-state index contributed by atoms with van der Waals surface area (Å²) in [7, 11) is 0. The van der Waals surface area contributed by atoms with Crippen LogP contribution in [0.5, 0.6) is 5.75 Å². The molecule has 1 unspecified atom stereocenters. The van der Waals surface area contributed by atoms with Gasteiger partial charge in [-0.3, -0.25) is 9.69 Å². The Kier molecular flexibility index (Phi) is 7.76. The van der Waals surface area contributed by atoms with Crippen LogP contribution in [-0.4, -0.2) is 28.3 Å². The second kappa shape index (κ2) is 10.5. The smallest absolute Gasteiger partial charge is 0.323 e. The fraction of sp³-hybridized carbons (Fsp3) is 0.0909. The zero-order chi connectivity index (χ0) is 21.2. The molecule has 7 heteroatoms. The van der Waals surface area contributed by atoms with Gasteiger partial charge < -0.3 is 21.7 Å². The summed E-state index contributed by atoms with van der Waals surface area (Å²) < 4.78 is 0. The molecule has 0 saturated carbocycles. The molecule has 0 aliphatic heterocycles. The first-order valence-corrected chi connectivity index (χ1v) is 8.84. The zero-order valence-corrected chi connectivity index (χ0v) is 15.7. The van der Waals surface area contributed by atoms with Crippen molar-refractivity contribution in [2.75, 3.05) is 4.90 Å². The van der Waals surface area contributed by atoms with E-state index < -0.39 is 18.0 Å². The maximum absolute atomic E-state index is 11.4. The molecule has 29 heavy (non-hydrogen) atoms. The number of primary amides is 1. The monoisotopic (exact) mass is 393 g/mol. The molecule has 0 fully saturated rings. The number of phenols is 1. The van der Waals surface area contributed by atoms with E-state index in [9.17, 15) is 9.59 Å². The quantitative estimate of drug-likeness (QED) is 0.529. The third-order valence-electron chi connectivity index (χ3n) is 3.96. The second-order valence-electron chi connectivity index (χ2n) is 6.16. The minimum atomic E-state index is -1.02. The van der Waals surface area contributed by atoms with Crippen LogP contribution in [0.1, 0.15) is 5.56 Å². The number of aliphatic carboxylic acids is 1. The van der Waals surface area contributed by atoms with Crippen LogP contribution in [0.3, 0.4) is 0 Å². The Balaban J connectivity index is 0.000000212. The Bertz CT molecular complexity index is 876. The lowest BCUT2D eigenvalue weighted by molar-refractivity contribution is -0.138. The lowest BCUT2D eigenvalue weighted by atomic mass is 10.1. The van der Waals surface area contributed by atoms with Gasteiger partial charge >= 0.3 is 12.0 Å². The first-order valence-electron chi connectivity index (χ1n) is 8.84. The van der Waals surface area contributed by atoms with Gasteiger partial charge in [-0.15, -0.1) is 0 Å². The van der Waals surface area contributed by atoms with Crippen LogP contribution < -0.4 is 16.4 Å². The van der Waals surface area contributed by atoms with E-state index in [1.807, 2.05) is 60.7 Å². The number of hydrogen-bond acceptors (Lipinski definition) is 4. The van der Waals surface area contributed by atoms with E-state index in [1.165, 1.54) is 17.0 Å². The maximum atomic E-state index is 11.4. The standard InChI is InChI=1S/C13H12N2O.C9H11NO3/c14-13(16)15(11-7-3-1-4-8-11)12-9-5-2-6-10-12;10-8(9(12)13)5-6-1-3-7(11)4-2-6/h1-10H,(H2,14,16);1-4,8,11H,5,10H2,(H,12,13). The molecule has 3 rings (SSSR count). The molecule has 6 N–H and O–H groups in total. The summed E-state index contributed by atoms with van der Waals surface area (Å²) in [5.41, 5.74) is 13.0. The Labute approximate surface area is 168 Å². The molecule has 3 aromatic carbocycles. The van der Waals surface area contributed by atoms with Crippen molar-refractivity contribution >= 4 is 23.4 Å². The van der Waals surface area contributed by atoms with Crippen molar-refractivity contribution in [2.45, 2.75) is 12.5 Å². The number of nitrogens with zero attached hydrogens (tertiary/aromatic N) is 1. The molecule has 150 valence electrons. The summed E-state index contributed by atoms with van der Waals surface area (Å²) in [5, 5.41) is 17.5. The highest BCUT2D eigenvalue weighted by molar-refractivity contribution is 5.98. The summed E-state index contributed by atoms with van der Waals surface area (Å²) in [6.07, 6.45) is 0.273. The van der Waals surface area contributed by atoms with E-state index in [0.29, 0.717) is 0 Å². The van der Waals surface area contributed by atoms with Crippen molar-refractivity contribution in [3.63, 3.8) is 0 Å². The van der Waals surface area contributed by atoms with Gasteiger partial charge in [0.05, 0.1) is 11.4 Å². The molecule has 0 aliphatic carbocycles. The molecule has 0 aliphatic rings. The summed E-state index contributed by atoms with van der Waals surface area (Å²) in [4.78, 5) is 23.3. The molecule has 7 nitrogen and oxygen atoms in total. The minimum Gasteiger partial charge on any atom is -0.508 e. The first-order chi connectivity index (χ1) is 13.9. The molecule has 0 radical (unpaired) electrons. The Morgan fingerprint density at radius 1 is 0.828 bits per heavy atom. The van der Waals surface area contributed by atoms with E-state index in [1.54, 1.807) is 12.1 Å². The highest BCUT2D eigenvalue weighted by atomic mass is 16.4. The number of carbonyl (C=O) groups excluding carboxylic acids is 1. The molecular formula is C22H23N3O4. The molecule has 0 heterocycles. The van der Waals surface area contributed by atoms with E-state index >= 15 is 0 Å². The van der Waals surface area contributed by atoms with Crippen molar-refractivity contribution in [2.24, 2.45) is 11.5 Å². The van der Waals surface area contributed by atoms with Gasteiger partial charge in [0.2, 0.25) is 0 Å². The van der Waals surface area contributed by atoms with E-state index in [-0.39, 0.29) is 12.2 Å². The molecule has 3 aromatic rings. The van der Waals surface area contributed by atoms with Crippen molar-refractivity contribution in [3.05, 3.63) is 90.5 Å². The number of rotatable bonds is 5. The number of carbonyl (C=O) groups is 2. The minimum absolute atomic E-state index is 0.160. The predicted molar refractivity (Wildman–Crippen MR) is 112 cm³/mol. The van der Waals surface area contributed by atoms with Gasteiger partial charge in [-0.2, -0.15) is 0 Å². The molecule has 0 bridgehead atoms. The number of aromatic hydroxyl groups is 1. The van der Waals surface area contributed by atoms with Crippen molar-refractivity contribution in [1.82, 2.24) is 0 Å². The number of hydrogen-bond donors (Lipinski definition) is 4. The number of para-hydroxylation sites is 2. The van der Waals surface area contributed by atoms with Gasteiger partial charge in [0.15, 0.2) is 0 Å². The molecular weight excluding hydrogens is 370 g/mol. The maximum Gasteiger partial charge on any atom is 0.323 e. The Morgan fingerprint density at radius 3 is 1.66 bits per heavy atom. The van der Waals surface area contributed by atoms with Gasteiger partial charge in [-0.1, -0.05) is 48.5 Å². The number of phenolic OH excluding ortho intramolecular Hbond substituents is 1. The second-order valence-corrected chi connectivity index (χ2v) is 6.16. The van der Waals surface area contributed by atoms with Crippen molar-refractivity contribution in [1.29, 1.82) is 0 Å². The van der Waals surface area contributed by atoms with Gasteiger partial charge in [0.25, 0.3) is 0 Å². The number of benzene rings is 3. The van der Waals surface area contributed by atoms with Crippen LogP contribution in [0.2, 0.25) is 0 Å². The highest BCUT2D eigenvalue weighted by Gasteiger charge is 2.13. The first kappa shape index (κ1) is 21.5. The average molecular weight is 393 g/mol. The van der Waals surface area contributed by atoms with Crippen molar-refractivity contribution < 1.29 is 19.8 Å². The molecule has 1 atom stereocenters. The fourth-order valence-corrected chi connectivity index (χ4v) is 2.53. The largest absolute Gasteiger partial charge is 0.508 e. The number of anilines is 2. The topological polar surface area (TPSA) is 130 Å². The summed E-state index contributed by atoms with van der Waals surface area (Å²) in [5.74, 6) is -0.860. The predicted octanol–water partition coefficient (Wildman–Crippen LogP) is 3.25. The fourth-order valence-electron chi connectivity index (χ4n) is 2.53. The van der Waals surface area contributed by atoms with Crippen LogP contribution in [0.15, 0.2) is 84.9 Å². The summed E-state index contributed by atoms with van der Waals surface area (Å²) in [6, 6.07) is 23.6. The molecule has 0 saturated heterocycles. The number of carboxylic acid groups (broad SMARTS) is 1. The Hall–Kier alpha value is -3.84. The molecule has 0 spiro atoms. The van der Waals surface area contributed by atoms with E-state index in [0.717, 1.165) is 16.9 Å². The van der Waals surface area contributed by atoms with Gasteiger partial charge in [0.1, 0.15) is 11.8 Å². The lowest BCUT2D eigenvalue weighted by Gasteiger charge is -2.20. The summed E-state index contributed by atoms with van der Waals surface area (Å²) >= 11 is 0. The number of nitrogens with two attached hydrogens (primary N) is 2. The van der Waals surface area contributed by atoms with Gasteiger partial charge in [0, 0.05) is 0 Å². The van der Waals surface area contributed by atoms with Crippen LogP contribution >= 0.6 is 0 Å². The number of urea groups is 1. The van der Waals surface area contributed by atoms with Crippen LogP contribution in [0, 0.1) is 0 Å². The van der Waals surface area contributed by atoms with Crippen molar-refractivity contribution in [3.8, 4) is 5.75 Å². The van der Waals surface area contributed by atoms with Crippen LogP contribution in [-0.2, 0) is 11.2 Å². The average Bonchev–Trinajstić information content (AvgIpc) is 2.71. The third-order valence-corrected chi connectivity index (χ3v) is 3.96. The normalized spacial score (nSPS) is 10.9. The lowest BCUT2D eigenvalue weighted by Crippen LogP contribution is -2.32. The van der Waals surface area contributed by atoms with Gasteiger partial charge in [-0.05, 0) is 48.4 Å². The number of amides is 2. The zero-order valence-electron chi connectivity index (χ0n) is 15.7. The third kappa shape index (κ3) is 6.67.